The molecule has 1 amide bonds. The molecule has 4 rings (SSSR count). The maximum atomic E-state index is 12.4. The first-order valence-electron chi connectivity index (χ1n) is 6.96. The van der Waals surface area contributed by atoms with Crippen LogP contribution in [0.3, 0.4) is 0 Å². The van der Waals surface area contributed by atoms with Crippen molar-refractivity contribution in [2.24, 2.45) is 0 Å². The lowest BCUT2D eigenvalue weighted by atomic mass is 10.0. The van der Waals surface area contributed by atoms with Gasteiger partial charge in [-0.05, 0) is 28.5 Å². The summed E-state index contributed by atoms with van der Waals surface area (Å²) in [5.74, 6) is -0.0386. The molecule has 0 saturated heterocycles. The van der Waals surface area contributed by atoms with Gasteiger partial charge in [0, 0.05) is 5.69 Å². The number of fused-ring (bicyclic) bond motifs is 2. The van der Waals surface area contributed by atoms with Crippen LogP contribution in [0.15, 0.2) is 66.7 Å². The molecular formula is C18H14N2O. The Hall–Kier alpha value is -2.81. The van der Waals surface area contributed by atoms with Crippen molar-refractivity contribution in [2.75, 3.05) is 5.32 Å². The molecule has 1 atom stereocenters. The highest BCUT2D eigenvalue weighted by Crippen LogP contribution is 2.30. The van der Waals surface area contributed by atoms with Gasteiger partial charge < -0.3 is 10.6 Å². The van der Waals surface area contributed by atoms with Gasteiger partial charge in [-0.25, -0.2) is 0 Å². The average molecular weight is 274 g/mol. The van der Waals surface area contributed by atoms with E-state index in [0.29, 0.717) is 5.56 Å². The van der Waals surface area contributed by atoms with Crippen molar-refractivity contribution in [1.82, 2.24) is 5.32 Å². The molecule has 0 spiro atoms. The predicted molar refractivity (Wildman–Crippen MR) is 84.2 cm³/mol. The molecule has 1 aliphatic rings. The summed E-state index contributed by atoms with van der Waals surface area (Å²) in [6.45, 7) is 0. The Morgan fingerprint density at radius 3 is 2.19 bits per heavy atom. The van der Waals surface area contributed by atoms with E-state index in [0.717, 1.165) is 22.0 Å². The van der Waals surface area contributed by atoms with Crippen LogP contribution >= 0.6 is 0 Å². The highest BCUT2D eigenvalue weighted by atomic mass is 16.2. The molecule has 0 aromatic heterocycles. The van der Waals surface area contributed by atoms with E-state index >= 15 is 0 Å². The normalized spacial score (nSPS) is 17.0. The van der Waals surface area contributed by atoms with Gasteiger partial charge in [-0.15, -0.1) is 0 Å². The molecule has 1 aliphatic heterocycles. The molecule has 3 aromatic carbocycles. The summed E-state index contributed by atoms with van der Waals surface area (Å²) in [4.78, 5) is 12.4. The Labute approximate surface area is 122 Å². The summed E-state index contributed by atoms with van der Waals surface area (Å²) < 4.78 is 0. The van der Waals surface area contributed by atoms with Gasteiger partial charge in [0.1, 0.15) is 6.17 Å². The zero-order chi connectivity index (χ0) is 14.2. The molecule has 2 N–H and O–H groups in total. The second-order valence-electron chi connectivity index (χ2n) is 5.21. The number of carbonyl (C=O) groups is 1. The maximum Gasteiger partial charge on any atom is 0.255 e. The first-order chi connectivity index (χ1) is 10.3. The minimum atomic E-state index is -0.188. The molecule has 1 unspecified atom stereocenters. The SMILES string of the molecule is O=C1NC(c2ccccc2)Nc2cc3ccccc3cc21. The van der Waals surface area contributed by atoms with Crippen LogP contribution in [0.1, 0.15) is 22.1 Å². The van der Waals surface area contributed by atoms with Gasteiger partial charge >= 0.3 is 0 Å². The molecule has 0 bridgehead atoms. The molecule has 0 radical (unpaired) electrons. The standard InChI is InChI=1S/C18H14N2O/c21-18-15-10-13-8-4-5-9-14(13)11-16(15)19-17(20-18)12-6-2-1-3-7-12/h1-11,17,19H,(H,20,21). The van der Waals surface area contributed by atoms with Gasteiger partial charge in [0.05, 0.1) is 5.56 Å². The van der Waals surface area contributed by atoms with Crippen LogP contribution in [-0.2, 0) is 0 Å². The minimum Gasteiger partial charge on any atom is -0.361 e. The molecular weight excluding hydrogens is 260 g/mol. The van der Waals surface area contributed by atoms with Crippen LogP contribution in [0.5, 0.6) is 0 Å². The Bertz CT molecular complexity index is 827. The molecule has 3 aromatic rings. The van der Waals surface area contributed by atoms with E-state index in [2.05, 4.69) is 16.7 Å². The highest BCUT2D eigenvalue weighted by Gasteiger charge is 2.24. The number of hydrogen-bond donors (Lipinski definition) is 2. The smallest absolute Gasteiger partial charge is 0.255 e. The summed E-state index contributed by atoms with van der Waals surface area (Å²) in [5, 5.41) is 8.61. The number of hydrogen-bond acceptors (Lipinski definition) is 2. The van der Waals surface area contributed by atoms with Crippen molar-refractivity contribution >= 4 is 22.4 Å². The van der Waals surface area contributed by atoms with E-state index < -0.39 is 0 Å². The van der Waals surface area contributed by atoms with E-state index in [4.69, 9.17) is 0 Å². The lowest BCUT2D eigenvalue weighted by Gasteiger charge is -2.28. The molecule has 3 heteroatoms. The number of rotatable bonds is 1. The Kier molecular flexibility index (Phi) is 2.64. The summed E-state index contributed by atoms with van der Waals surface area (Å²) in [6, 6.07) is 22.0. The van der Waals surface area contributed by atoms with E-state index in [1.807, 2.05) is 60.7 Å². The van der Waals surface area contributed by atoms with Gasteiger partial charge in [0.2, 0.25) is 0 Å². The monoisotopic (exact) mass is 274 g/mol. The third-order valence-corrected chi connectivity index (χ3v) is 3.84. The van der Waals surface area contributed by atoms with Crippen molar-refractivity contribution in [1.29, 1.82) is 0 Å². The van der Waals surface area contributed by atoms with E-state index in [9.17, 15) is 4.79 Å². The fourth-order valence-electron chi connectivity index (χ4n) is 2.76. The van der Waals surface area contributed by atoms with Crippen LogP contribution in [-0.4, -0.2) is 5.91 Å². The third kappa shape index (κ3) is 2.03. The maximum absolute atomic E-state index is 12.4. The van der Waals surface area contributed by atoms with Crippen LogP contribution < -0.4 is 10.6 Å². The molecule has 3 nitrogen and oxygen atoms in total. The number of carbonyl (C=O) groups excluding carboxylic acids is 1. The van der Waals surface area contributed by atoms with E-state index in [-0.39, 0.29) is 12.1 Å². The fourth-order valence-corrected chi connectivity index (χ4v) is 2.76. The molecule has 0 fully saturated rings. The second-order valence-corrected chi connectivity index (χ2v) is 5.21. The molecule has 102 valence electrons. The van der Waals surface area contributed by atoms with Crippen molar-refractivity contribution < 1.29 is 4.79 Å². The van der Waals surface area contributed by atoms with Crippen LogP contribution in [0.4, 0.5) is 5.69 Å². The Balaban J connectivity index is 1.80. The molecule has 1 heterocycles. The third-order valence-electron chi connectivity index (χ3n) is 3.84. The summed E-state index contributed by atoms with van der Waals surface area (Å²) in [7, 11) is 0. The predicted octanol–water partition coefficient (Wildman–Crippen LogP) is 3.69. The van der Waals surface area contributed by atoms with Gasteiger partial charge in [-0.1, -0.05) is 54.6 Å². The van der Waals surface area contributed by atoms with Gasteiger partial charge in [-0.3, -0.25) is 4.79 Å². The van der Waals surface area contributed by atoms with E-state index in [1.54, 1.807) is 0 Å². The number of nitrogens with one attached hydrogen (secondary N) is 2. The summed E-state index contributed by atoms with van der Waals surface area (Å²) in [6.07, 6.45) is -0.188. The summed E-state index contributed by atoms with van der Waals surface area (Å²) >= 11 is 0. The van der Waals surface area contributed by atoms with Crippen LogP contribution in [0.25, 0.3) is 10.8 Å². The number of benzene rings is 3. The second kappa shape index (κ2) is 4.63. The van der Waals surface area contributed by atoms with Crippen molar-refractivity contribution in [3.8, 4) is 0 Å². The average Bonchev–Trinajstić information content (AvgIpc) is 2.54. The van der Waals surface area contributed by atoms with Crippen LogP contribution in [0.2, 0.25) is 0 Å². The number of anilines is 1. The fraction of sp³-hybridized carbons (Fsp3) is 0.0556. The zero-order valence-electron chi connectivity index (χ0n) is 11.3. The van der Waals surface area contributed by atoms with Crippen LogP contribution in [0, 0.1) is 0 Å². The van der Waals surface area contributed by atoms with Crippen molar-refractivity contribution in [2.45, 2.75) is 6.17 Å². The first-order valence-corrected chi connectivity index (χ1v) is 6.96. The van der Waals surface area contributed by atoms with Gasteiger partial charge in [0.15, 0.2) is 0 Å². The molecule has 0 aliphatic carbocycles. The largest absolute Gasteiger partial charge is 0.361 e. The van der Waals surface area contributed by atoms with Crippen molar-refractivity contribution in [3.63, 3.8) is 0 Å². The Morgan fingerprint density at radius 2 is 1.43 bits per heavy atom. The van der Waals surface area contributed by atoms with Crippen molar-refractivity contribution in [3.05, 3.63) is 77.9 Å². The molecule has 0 saturated carbocycles. The Morgan fingerprint density at radius 1 is 0.762 bits per heavy atom. The quantitative estimate of drug-likeness (QED) is 0.710. The van der Waals surface area contributed by atoms with Gasteiger partial charge in [0.25, 0.3) is 5.91 Å². The summed E-state index contributed by atoms with van der Waals surface area (Å²) in [5.41, 5.74) is 2.62. The van der Waals surface area contributed by atoms with E-state index in [1.165, 1.54) is 0 Å². The molecule has 21 heavy (non-hydrogen) atoms. The lowest BCUT2D eigenvalue weighted by molar-refractivity contribution is 0.0936. The topological polar surface area (TPSA) is 41.1 Å². The first kappa shape index (κ1) is 12.0. The minimum absolute atomic E-state index is 0.0386. The zero-order valence-corrected chi connectivity index (χ0v) is 11.3. The lowest BCUT2D eigenvalue weighted by Crippen LogP contribution is -2.38. The van der Waals surface area contributed by atoms with Gasteiger partial charge in [-0.2, -0.15) is 0 Å². The number of amides is 1. The highest BCUT2D eigenvalue weighted by molar-refractivity contribution is 6.06.